The van der Waals surface area contributed by atoms with Crippen molar-refractivity contribution in [3.63, 3.8) is 0 Å². The van der Waals surface area contributed by atoms with Gasteiger partial charge in [-0.05, 0) is 25.7 Å². The number of nitrogens with two attached hydrogens (primary N) is 1. The van der Waals surface area contributed by atoms with Gasteiger partial charge in [0.25, 0.3) is 0 Å². The van der Waals surface area contributed by atoms with Crippen molar-refractivity contribution in [3.05, 3.63) is 0 Å². The lowest BCUT2D eigenvalue weighted by Crippen LogP contribution is -2.54. The standard InChI is InChI=1S/C14H26N2OS/c1-3-14(2,13(15)18)16-12(17)10-9-11-7-5-4-6-8-11/h11H,3-10H2,1-2H3,(H2,15,18)(H,16,17). The van der Waals surface area contributed by atoms with Crippen LogP contribution in [0.1, 0.15) is 65.2 Å². The fraction of sp³-hybridized carbons (Fsp3) is 0.857. The zero-order valence-corrected chi connectivity index (χ0v) is 12.4. The van der Waals surface area contributed by atoms with Gasteiger partial charge in [0.2, 0.25) is 5.91 Å². The quantitative estimate of drug-likeness (QED) is 0.730. The molecule has 0 aromatic heterocycles. The first-order valence-electron chi connectivity index (χ1n) is 7.09. The van der Waals surface area contributed by atoms with Crippen molar-refractivity contribution in [2.75, 3.05) is 0 Å². The summed E-state index contributed by atoms with van der Waals surface area (Å²) in [7, 11) is 0. The van der Waals surface area contributed by atoms with E-state index in [4.69, 9.17) is 18.0 Å². The number of amides is 1. The van der Waals surface area contributed by atoms with Crippen LogP contribution < -0.4 is 11.1 Å². The second kappa shape index (κ2) is 7.07. The van der Waals surface area contributed by atoms with Crippen LogP contribution in [0.25, 0.3) is 0 Å². The molecule has 3 N–H and O–H groups in total. The molecule has 104 valence electrons. The van der Waals surface area contributed by atoms with E-state index in [-0.39, 0.29) is 5.91 Å². The Kier molecular flexibility index (Phi) is 6.06. The highest BCUT2D eigenvalue weighted by molar-refractivity contribution is 7.80. The first-order chi connectivity index (χ1) is 8.48. The molecule has 0 aliphatic heterocycles. The van der Waals surface area contributed by atoms with E-state index in [1.807, 2.05) is 13.8 Å². The van der Waals surface area contributed by atoms with Crippen LogP contribution >= 0.6 is 12.2 Å². The largest absolute Gasteiger partial charge is 0.391 e. The second-order valence-corrected chi connectivity index (χ2v) is 6.08. The van der Waals surface area contributed by atoms with Crippen LogP contribution in [-0.4, -0.2) is 16.4 Å². The summed E-state index contributed by atoms with van der Waals surface area (Å²) in [6.45, 7) is 3.88. The van der Waals surface area contributed by atoms with Crippen molar-refractivity contribution in [1.82, 2.24) is 5.32 Å². The predicted octanol–water partition coefficient (Wildman–Crippen LogP) is 2.92. The van der Waals surface area contributed by atoms with E-state index in [1.54, 1.807) is 0 Å². The lowest BCUT2D eigenvalue weighted by molar-refractivity contribution is -0.122. The van der Waals surface area contributed by atoms with Crippen LogP contribution in [0, 0.1) is 5.92 Å². The number of hydrogen-bond acceptors (Lipinski definition) is 2. The van der Waals surface area contributed by atoms with Gasteiger partial charge in [-0.2, -0.15) is 0 Å². The van der Waals surface area contributed by atoms with Crippen molar-refractivity contribution in [1.29, 1.82) is 0 Å². The van der Waals surface area contributed by atoms with Gasteiger partial charge in [0.05, 0.1) is 10.5 Å². The molecule has 1 fully saturated rings. The summed E-state index contributed by atoms with van der Waals surface area (Å²) in [4.78, 5) is 12.3. The maximum Gasteiger partial charge on any atom is 0.220 e. The van der Waals surface area contributed by atoms with Crippen LogP contribution in [0.15, 0.2) is 0 Å². The highest BCUT2D eigenvalue weighted by Gasteiger charge is 2.27. The molecule has 0 saturated heterocycles. The summed E-state index contributed by atoms with van der Waals surface area (Å²) in [6.07, 6.45) is 8.92. The lowest BCUT2D eigenvalue weighted by Gasteiger charge is -2.29. The fourth-order valence-corrected chi connectivity index (χ4v) is 2.70. The first kappa shape index (κ1) is 15.4. The van der Waals surface area contributed by atoms with Crippen molar-refractivity contribution in [2.45, 2.75) is 70.8 Å². The smallest absolute Gasteiger partial charge is 0.220 e. The van der Waals surface area contributed by atoms with E-state index in [2.05, 4.69) is 5.32 Å². The summed E-state index contributed by atoms with van der Waals surface area (Å²) in [6, 6.07) is 0. The third-order valence-electron chi connectivity index (χ3n) is 4.17. The maximum atomic E-state index is 11.9. The molecule has 0 spiro atoms. The molecular formula is C14H26N2OS. The van der Waals surface area contributed by atoms with E-state index in [0.29, 0.717) is 11.4 Å². The normalized spacial score (nSPS) is 20.1. The van der Waals surface area contributed by atoms with E-state index in [0.717, 1.165) is 18.8 Å². The minimum absolute atomic E-state index is 0.0812. The van der Waals surface area contributed by atoms with E-state index in [9.17, 15) is 4.79 Å². The van der Waals surface area contributed by atoms with E-state index >= 15 is 0 Å². The monoisotopic (exact) mass is 270 g/mol. The minimum Gasteiger partial charge on any atom is -0.391 e. The highest BCUT2D eigenvalue weighted by Crippen LogP contribution is 2.27. The van der Waals surface area contributed by atoms with E-state index < -0.39 is 5.54 Å². The Labute approximate surface area is 116 Å². The third kappa shape index (κ3) is 4.56. The van der Waals surface area contributed by atoms with Crippen LogP contribution in [-0.2, 0) is 4.79 Å². The molecular weight excluding hydrogens is 244 g/mol. The summed E-state index contributed by atoms with van der Waals surface area (Å²) in [5.41, 5.74) is 5.16. The average molecular weight is 270 g/mol. The second-order valence-electron chi connectivity index (χ2n) is 5.64. The van der Waals surface area contributed by atoms with Crippen LogP contribution in [0.4, 0.5) is 0 Å². The van der Waals surface area contributed by atoms with Crippen molar-refractivity contribution in [2.24, 2.45) is 11.7 Å². The van der Waals surface area contributed by atoms with Crippen LogP contribution in [0.3, 0.4) is 0 Å². The SMILES string of the molecule is CCC(C)(NC(=O)CCC1CCCCC1)C(N)=S. The molecule has 1 unspecified atom stereocenters. The van der Waals surface area contributed by atoms with Gasteiger partial charge in [0.15, 0.2) is 0 Å². The number of carbonyl (C=O) groups excluding carboxylic acids is 1. The van der Waals surface area contributed by atoms with Gasteiger partial charge in [0, 0.05) is 6.42 Å². The van der Waals surface area contributed by atoms with Gasteiger partial charge < -0.3 is 11.1 Å². The maximum absolute atomic E-state index is 11.9. The molecule has 0 heterocycles. The topological polar surface area (TPSA) is 55.1 Å². The van der Waals surface area contributed by atoms with Gasteiger partial charge in [-0.3, -0.25) is 4.79 Å². The third-order valence-corrected chi connectivity index (χ3v) is 4.62. The van der Waals surface area contributed by atoms with Crippen molar-refractivity contribution in [3.8, 4) is 0 Å². The summed E-state index contributed by atoms with van der Waals surface area (Å²) < 4.78 is 0. The number of nitrogens with one attached hydrogen (secondary N) is 1. The van der Waals surface area contributed by atoms with Crippen LogP contribution in [0.5, 0.6) is 0 Å². The molecule has 0 radical (unpaired) electrons. The molecule has 0 aromatic carbocycles. The zero-order valence-electron chi connectivity index (χ0n) is 11.6. The van der Waals surface area contributed by atoms with Crippen molar-refractivity contribution >= 4 is 23.1 Å². The average Bonchev–Trinajstić information content (AvgIpc) is 2.37. The lowest BCUT2D eigenvalue weighted by atomic mass is 9.86. The molecule has 1 atom stereocenters. The number of hydrogen-bond donors (Lipinski definition) is 2. The summed E-state index contributed by atoms with van der Waals surface area (Å²) >= 11 is 5.02. The Bertz CT molecular complexity index is 300. The predicted molar refractivity (Wildman–Crippen MR) is 79.4 cm³/mol. The molecule has 4 heteroatoms. The van der Waals surface area contributed by atoms with Gasteiger partial charge in [0.1, 0.15) is 0 Å². The minimum atomic E-state index is -0.529. The Morgan fingerprint density at radius 3 is 2.50 bits per heavy atom. The Hall–Kier alpha value is -0.640. The number of carbonyl (C=O) groups is 1. The summed E-state index contributed by atoms with van der Waals surface area (Å²) in [5, 5.41) is 2.98. The zero-order chi connectivity index (χ0) is 13.6. The molecule has 0 aromatic rings. The Balaban J connectivity index is 2.34. The van der Waals surface area contributed by atoms with Crippen LogP contribution in [0.2, 0.25) is 0 Å². The highest BCUT2D eigenvalue weighted by atomic mass is 32.1. The molecule has 3 nitrogen and oxygen atoms in total. The molecule has 1 amide bonds. The number of thiocarbonyl (C=S) groups is 1. The molecule has 18 heavy (non-hydrogen) atoms. The summed E-state index contributed by atoms with van der Waals surface area (Å²) in [5.74, 6) is 0.819. The molecule has 1 aliphatic carbocycles. The molecule has 0 bridgehead atoms. The van der Waals surface area contributed by atoms with Gasteiger partial charge in [-0.15, -0.1) is 0 Å². The van der Waals surface area contributed by atoms with E-state index in [1.165, 1.54) is 32.1 Å². The Morgan fingerprint density at radius 2 is 2.00 bits per heavy atom. The van der Waals surface area contributed by atoms with Gasteiger partial charge >= 0.3 is 0 Å². The molecule has 1 saturated carbocycles. The molecule has 1 rings (SSSR count). The first-order valence-corrected chi connectivity index (χ1v) is 7.49. The molecule has 1 aliphatic rings. The fourth-order valence-electron chi connectivity index (χ4n) is 2.51. The van der Waals surface area contributed by atoms with Gasteiger partial charge in [-0.25, -0.2) is 0 Å². The van der Waals surface area contributed by atoms with Gasteiger partial charge in [-0.1, -0.05) is 51.2 Å². The van der Waals surface area contributed by atoms with Crippen molar-refractivity contribution < 1.29 is 4.79 Å². The number of rotatable bonds is 6. The Morgan fingerprint density at radius 1 is 1.39 bits per heavy atom.